The van der Waals surface area contributed by atoms with Crippen molar-refractivity contribution in [3.63, 3.8) is 0 Å². The Bertz CT molecular complexity index is 1650. The standard InChI is InChI=1S/C32H35FN6O/c1-18-7-4-8-20-9-5-10-22(26(18)20)28-27(33)29-23(14-35-28)30-31-32(36-29)40-17-25(24-11-6-12-37(24)3)39(31)16-21-13-34-19(2)15-38(21)30/h4-5,7-10,14,19,21,24-25,34H,6,11-13,15-17H2,1-3H3/t19-,21-,24+,25+/m1/s1. The molecule has 0 saturated carbocycles. The molecule has 0 spiro atoms. The average molecular weight is 539 g/mol. The zero-order chi connectivity index (χ0) is 27.1. The van der Waals surface area contributed by atoms with Crippen molar-refractivity contribution in [1.82, 2.24) is 20.2 Å². The highest BCUT2D eigenvalue weighted by Gasteiger charge is 2.46. The molecule has 7 nitrogen and oxygen atoms in total. The lowest BCUT2D eigenvalue weighted by Gasteiger charge is -2.53. The highest BCUT2D eigenvalue weighted by molar-refractivity contribution is 6.05. The molecule has 8 rings (SSSR count). The predicted molar refractivity (Wildman–Crippen MR) is 158 cm³/mol. The molecular weight excluding hydrogens is 503 g/mol. The smallest absolute Gasteiger partial charge is 0.240 e. The Kier molecular flexibility index (Phi) is 5.48. The van der Waals surface area contributed by atoms with E-state index in [4.69, 9.17) is 14.7 Å². The number of ether oxygens (including phenoxy) is 1. The summed E-state index contributed by atoms with van der Waals surface area (Å²) in [4.78, 5) is 17.2. The lowest BCUT2D eigenvalue weighted by Crippen LogP contribution is -2.65. The van der Waals surface area contributed by atoms with E-state index in [0.717, 1.165) is 64.8 Å². The van der Waals surface area contributed by atoms with Crippen LogP contribution in [-0.4, -0.2) is 78.9 Å². The van der Waals surface area contributed by atoms with Crippen LogP contribution in [0.2, 0.25) is 0 Å². The van der Waals surface area contributed by atoms with Gasteiger partial charge in [-0.25, -0.2) is 9.37 Å². The van der Waals surface area contributed by atoms with Gasteiger partial charge in [-0.15, -0.1) is 0 Å². The van der Waals surface area contributed by atoms with Crippen LogP contribution in [0.1, 0.15) is 25.3 Å². The number of fused-ring (bicyclic) bond motifs is 5. The quantitative estimate of drug-likeness (QED) is 0.396. The number of hydrogen-bond acceptors (Lipinski definition) is 7. The van der Waals surface area contributed by atoms with Gasteiger partial charge in [0.1, 0.15) is 23.5 Å². The highest BCUT2D eigenvalue weighted by atomic mass is 19.1. The molecular formula is C32H35FN6O. The van der Waals surface area contributed by atoms with Gasteiger partial charge in [0.05, 0.1) is 17.8 Å². The van der Waals surface area contributed by atoms with Crippen molar-refractivity contribution in [3.8, 4) is 17.1 Å². The number of pyridine rings is 2. The maximum Gasteiger partial charge on any atom is 0.240 e. The monoisotopic (exact) mass is 538 g/mol. The number of rotatable bonds is 2. The van der Waals surface area contributed by atoms with Crippen LogP contribution in [0.15, 0.2) is 42.6 Å². The maximum absolute atomic E-state index is 16.7. The van der Waals surface area contributed by atoms with Crippen molar-refractivity contribution in [2.75, 3.05) is 49.6 Å². The Labute approximate surface area is 233 Å². The van der Waals surface area contributed by atoms with Crippen molar-refractivity contribution < 1.29 is 9.13 Å². The molecule has 0 amide bonds. The van der Waals surface area contributed by atoms with E-state index in [2.05, 4.69) is 59.1 Å². The minimum Gasteiger partial charge on any atom is -0.474 e. The number of likely N-dealkylation sites (N-methyl/N-ethyl adjacent to an activating group) is 1. The molecule has 206 valence electrons. The van der Waals surface area contributed by atoms with Crippen LogP contribution in [0.3, 0.4) is 0 Å². The number of anilines is 2. The third-order valence-electron chi connectivity index (χ3n) is 9.66. The molecule has 40 heavy (non-hydrogen) atoms. The number of likely N-dealkylation sites (tertiary alicyclic amines) is 1. The Balaban J connectivity index is 1.35. The van der Waals surface area contributed by atoms with Gasteiger partial charge in [-0.1, -0.05) is 36.4 Å². The third-order valence-corrected chi connectivity index (χ3v) is 9.66. The van der Waals surface area contributed by atoms with Gasteiger partial charge in [-0.2, -0.15) is 0 Å². The number of nitrogens with zero attached hydrogens (tertiary/aromatic N) is 5. The predicted octanol–water partition coefficient (Wildman–Crippen LogP) is 4.74. The van der Waals surface area contributed by atoms with Crippen molar-refractivity contribution in [3.05, 3.63) is 54.0 Å². The number of nitrogens with one attached hydrogen (secondary N) is 1. The molecule has 4 aromatic rings. The molecule has 2 fully saturated rings. The van der Waals surface area contributed by atoms with Gasteiger partial charge < -0.3 is 24.8 Å². The van der Waals surface area contributed by atoms with Crippen molar-refractivity contribution in [2.24, 2.45) is 0 Å². The second-order valence-electron chi connectivity index (χ2n) is 12.1. The molecule has 8 heteroatoms. The Morgan fingerprint density at radius 3 is 2.73 bits per heavy atom. The van der Waals surface area contributed by atoms with Gasteiger partial charge in [0.2, 0.25) is 5.88 Å². The molecule has 4 aliphatic rings. The van der Waals surface area contributed by atoms with Gasteiger partial charge in [0.15, 0.2) is 5.82 Å². The van der Waals surface area contributed by atoms with Crippen LogP contribution in [0.4, 0.5) is 15.8 Å². The summed E-state index contributed by atoms with van der Waals surface area (Å²) in [6.45, 7) is 8.62. The minimum absolute atomic E-state index is 0.246. The number of hydrogen-bond donors (Lipinski definition) is 1. The summed E-state index contributed by atoms with van der Waals surface area (Å²) in [7, 11) is 2.22. The molecule has 0 bridgehead atoms. The zero-order valence-corrected chi connectivity index (χ0v) is 23.3. The largest absolute Gasteiger partial charge is 0.474 e. The lowest BCUT2D eigenvalue weighted by atomic mass is 9.94. The fourth-order valence-corrected chi connectivity index (χ4v) is 7.72. The average Bonchev–Trinajstić information content (AvgIpc) is 3.39. The second-order valence-corrected chi connectivity index (χ2v) is 12.1. The summed E-state index contributed by atoms with van der Waals surface area (Å²) < 4.78 is 23.1. The Morgan fingerprint density at radius 2 is 1.90 bits per heavy atom. The van der Waals surface area contributed by atoms with Crippen molar-refractivity contribution >= 4 is 33.1 Å². The van der Waals surface area contributed by atoms with Crippen LogP contribution in [-0.2, 0) is 0 Å². The first kappa shape index (κ1) is 24.3. The fourth-order valence-electron chi connectivity index (χ4n) is 7.72. The Hall–Kier alpha value is -3.49. The van der Waals surface area contributed by atoms with Crippen LogP contribution >= 0.6 is 0 Å². The Morgan fingerprint density at radius 1 is 1.05 bits per heavy atom. The number of benzene rings is 2. The van der Waals surface area contributed by atoms with Gasteiger partial charge in [-0.3, -0.25) is 4.98 Å². The number of piperazine rings is 1. The van der Waals surface area contributed by atoms with E-state index in [1.807, 2.05) is 24.4 Å². The fraction of sp³-hybridized carbons (Fsp3) is 0.438. The number of aromatic nitrogens is 2. The van der Waals surface area contributed by atoms with E-state index < -0.39 is 0 Å². The summed E-state index contributed by atoms with van der Waals surface area (Å²) >= 11 is 0. The van der Waals surface area contributed by atoms with Gasteiger partial charge in [0.25, 0.3) is 0 Å². The van der Waals surface area contributed by atoms with Crippen molar-refractivity contribution in [2.45, 2.75) is 50.9 Å². The summed E-state index contributed by atoms with van der Waals surface area (Å²) in [5.74, 6) is 0.166. The van der Waals surface area contributed by atoms with Gasteiger partial charge in [-0.05, 0) is 56.6 Å². The molecule has 2 aromatic carbocycles. The molecule has 6 heterocycles. The zero-order valence-electron chi connectivity index (χ0n) is 23.3. The van der Waals surface area contributed by atoms with E-state index in [1.54, 1.807) is 0 Å². The van der Waals surface area contributed by atoms with E-state index in [9.17, 15) is 0 Å². The molecule has 4 aliphatic heterocycles. The topological polar surface area (TPSA) is 56.8 Å². The van der Waals surface area contributed by atoms with Crippen LogP contribution < -0.4 is 19.9 Å². The first-order valence-electron chi connectivity index (χ1n) is 14.6. The molecule has 2 aromatic heterocycles. The third kappa shape index (κ3) is 3.48. The van der Waals surface area contributed by atoms with E-state index in [0.29, 0.717) is 35.8 Å². The molecule has 0 aliphatic carbocycles. The molecule has 0 radical (unpaired) electrons. The lowest BCUT2D eigenvalue weighted by molar-refractivity contribution is 0.174. The summed E-state index contributed by atoms with van der Waals surface area (Å²) in [6, 6.07) is 13.5. The highest BCUT2D eigenvalue weighted by Crippen LogP contribution is 2.50. The second kappa shape index (κ2) is 9.01. The number of halogens is 1. The van der Waals surface area contributed by atoms with Crippen LogP contribution in [0.5, 0.6) is 5.88 Å². The van der Waals surface area contributed by atoms with E-state index in [-0.39, 0.29) is 17.9 Å². The van der Waals surface area contributed by atoms with Gasteiger partial charge >= 0.3 is 0 Å². The SMILES string of the molecule is Cc1cccc2cccc(-c3ncc4c5c6c(nc4c3F)OC[C@@H]([C@@H]3CCCN3C)N6C[C@H]3CN[C@H](C)CN53)c12. The molecule has 2 saturated heterocycles. The molecule has 4 atom stereocenters. The first-order chi connectivity index (χ1) is 19.5. The van der Waals surface area contributed by atoms with Crippen LogP contribution in [0.25, 0.3) is 32.9 Å². The van der Waals surface area contributed by atoms with Gasteiger partial charge in [0, 0.05) is 48.9 Å². The molecule has 0 unspecified atom stereocenters. The number of aryl methyl sites for hydroxylation is 1. The summed E-state index contributed by atoms with van der Waals surface area (Å²) in [5.41, 5.74) is 4.62. The van der Waals surface area contributed by atoms with E-state index >= 15 is 4.39 Å². The normalized spacial score (nSPS) is 26.2. The van der Waals surface area contributed by atoms with Crippen molar-refractivity contribution in [1.29, 1.82) is 0 Å². The maximum atomic E-state index is 16.7. The summed E-state index contributed by atoms with van der Waals surface area (Å²) in [5, 5.41) is 6.55. The molecule has 1 N–H and O–H groups in total. The van der Waals surface area contributed by atoms with E-state index in [1.165, 1.54) is 12.8 Å². The minimum atomic E-state index is -0.384. The summed E-state index contributed by atoms with van der Waals surface area (Å²) in [6.07, 6.45) is 4.23. The first-order valence-corrected chi connectivity index (χ1v) is 14.6. The van der Waals surface area contributed by atoms with Crippen LogP contribution in [0, 0.1) is 12.7 Å².